The topological polar surface area (TPSA) is 3.24 Å². The van der Waals surface area contributed by atoms with Gasteiger partial charge >= 0.3 is 0 Å². The molecule has 0 saturated carbocycles. The zero-order valence-electron chi connectivity index (χ0n) is 5.95. The van der Waals surface area contributed by atoms with Gasteiger partial charge in [0.25, 0.3) is 0 Å². The lowest BCUT2D eigenvalue weighted by Crippen LogP contribution is -2.11. The van der Waals surface area contributed by atoms with Crippen LogP contribution in [0.2, 0.25) is 0 Å². The molecule has 0 rings (SSSR count). The summed E-state index contributed by atoms with van der Waals surface area (Å²) >= 11 is 5.46. The highest BCUT2D eigenvalue weighted by Crippen LogP contribution is 1.70. The van der Waals surface area contributed by atoms with Gasteiger partial charge in [-0.15, -0.1) is 17.1 Å². The second-order valence-electron chi connectivity index (χ2n) is 2.03. The molecule has 0 aliphatic heterocycles. The Labute approximate surface area is 64.2 Å². The summed E-state index contributed by atoms with van der Waals surface area (Å²) in [5.41, 5.74) is 3.86. The molecule has 0 saturated heterocycles. The molecule has 0 aromatic heterocycles. The standard InChI is InChI=1S/C6H12ClNSi/c1-8(2)4-3-5-9-6-7/h4,6,9H2,1-2H3. The highest BCUT2D eigenvalue weighted by Gasteiger charge is 1.79. The van der Waals surface area contributed by atoms with Crippen molar-refractivity contribution in [1.29, 1.82) is 0 Å². The fraction of sp³-hybridized carbons (Fsp3) is 0.667. The van der Waals surface area contributed by atoms with Crippen LogP contribution in [0.15, 0.2) is 0 Å². The van der Waals surface area contributed by atoms with E-state index >= 15 is 0 Å². The Balaban J connectivity index is 3.16. The van der Waals surface area contributed by atoms with E-state index in [1.807, 2.05) is 14.1 Å². The van der Waals surface area contributed by atoms with Gasteiger partial charge in [0.2, 0.25) is 0 Å². The molecule has 0 spiro atoms. The maximum atomic E-state index is 5.46. The van der Waals surface area contributed by atoms with Gasteiger partial charge in [-0.2, -0.15) is 0 Å². The van der Waals surface area contributed by atoms with Crippen LogP contribution in [0.5, 0.6) is 0 Å². The summed E-state index contributed by atoms with van der Waals surface area (Å²) in [6.07, 6.45) is 0. The lowest BCUT2D eigenvalue weighted by molar-refractivity contribution is 0.464. The van der Waals surface area contributed by atoms with E-state index in [0.29, 0.717) is 0 Å². The molecule has 0 fully saturated rings. The predicted molar refractivity (Wildman–Crippen MR) is 45.6 cm³/mol. The van der Waals surface area contributed by atoms with Crippen LogP contribution in [-0.4, -0.2) is 40.6 Å². The maximum Gasteiger partial charge on any atom is 0.121 e. The van der Waals surface area contributed by atoms with Crippen molar-refractivity contribution in [2.45, 2.75) is 0 Å². The summed E-state index contributed by atoms with van der Waals surface area (Å²) in [5.74, 6) is 3.04. The minimum atomic E-state index is -0.244. The van der Waals surface area contributed by atoms with Crippen molar-refractivity contribution in [3.05, 3.63) is 0 Å². The summed E-state index contributed by atoms with van der Waals surface area (Å²) in [4.78, 5) is 2.05. The number of hydrogen-bond donors (Lipinski definition) is 0. The number of nitrogens with zero attached hydrogens (tertiary/aromatic N) is 1. The largest absolute Gasteiger partial charge is 0.299 e. The zero-order chi connectivity index (χ0) is 7.11. The molecule has 0 amide bonds. The SMILES string of the molecule is CN(C)CC#C[SiH2]CCl. The van der Waals surface area contributed by atoms with Gasteiger partial charge in [-0.05, 0) is 14.1 Å². The van der Waals surface area contributed by atoms with E-state index in [0.717, 1.165) is 12.0 Å². The molecule has 0 aromatic carbocycles. The van der Waals surface area contributed by atoms with Crippen LogP contribution < -0.4 is 0 Å². The van der Waals surface area contributed by atoms with Crippen molar-refractivity contribution in [3.8, 4) is 11.5 Å². The van der Waals surface area contributed by atoms with Gasteiger partial charge in [-0.1, -0.05) is 5.92 Å². The van der Waals surface area contributed by atoms with E-state index < -0.39 is 0 Å². The maximum absolute atomic E-state index is 5.46. The normalized spacial score (nSPS) is 10.2. The number of hydrogen-bond acceptors (Lipinski definition) is 1. The van der Waals surface area contributed by atoms with Gasteiger partial charge in [-0.25, -0.2) is 0 Å². The van der Waals surface area contributed by atoms with E-state index in [-0.39, 0.29) is 9.52 Å². The molecular weight excluding hydrogens is 150 g/mol. The van der Waals surface area contributed by atoms with Crippen LogP contribution in [-0.2, 0) is 0 Å². The van der Waals surface area contributed by atoms with E-state index in [9.17, 15) is 0 Å². The van der Waals surface area contributed by atoms with Crippen LogP contribution in [0.4, 0.5) is 0 Å². The molecule has 52 valence electrons. The van der Waals surface area contributed by atoms with Gasteiger partial charge in [0.15, 0.2) is 0 Å². The third-order valence-corrected chi connectivity index (χ3v) is 2.00. The zero-order valence-corrected chi connectivity index (χ0v) is 8.12. The summed E-state index contributed by atoms with van der Waals surface area (Å²) in [7, 11) is 3.78. The van der Waals surface area contributed by atoms with Crippen molar-refractivity contribution in [1.82, 2.24) is 4.90 Å². The van der Waals surface area contributed by atoms with Gasteiger partial charge in [0, 0.05) is 5.50 Å². The Morgan fingerprint density at radius 2 is 2.22 bits per heavy atom. The first-order valence-electron chi connectivity index (χ1n) is 2.94. The highest BCUT2D eigenvalue weighted by atomic mass is 35.5. The van der Waals surface area contributed by atoms with Gasteiger partial charge < -0.3 is 0 Å². The Kier molecular flexibility index (Phi) is 6.17. The second kappa shape index (κ2) is 6.15. The lowest BCUT2D eigenvalue weighted by Gasteiger charge is -2.00. The van der Waals surface area contributed by atoms with Crippen LogP contribution in [0.3, 0.4) is 0 Å². The van der Waals surface area contributed by atoms with Gasteiger partial charge in [0.05, 0.1) is 6.54 Å². The van der Waals surface area contributed by atoms with Crippen molar-refractivity contribution < 1.29 is 0 Å². The minimum absolute atomic E-state index is 0.244. The number of halogens is 1. The fourth-order valence-corrected chi connectivity index (χ4v) is 1.02. The van der Waals surface area contributed by atoms with Crippen LogP contribution in [0, 0.1) is 11.5 Å². The molecule has 0 heterocycles. The predicted octanol–water partition coefficient (Wildman–Crippen LogP) is -0.126. The average Bonchev–Trinajstić information content (AvgIpc) is 1.80. The molecule has 0 radical (unpaired) electrons. The number of rotatable bonds is 2. The first-order chi connectivity index (χ1) is 4.27. The smallest absolute Gasteiger partial charge is 0.121 e. The molecule has 0 bridgehead atoms. The summed E-state index contributed by atoms with van der Waals surface area (Å²) in [6.45, 7) is 0.865. The minimum Gasteiger partial charge on any atom is -0.299 e. The molecule has 0 aliphatic rings. The molecule has 0 aliphatic carbocycles. The van der Waals surface area contributed by atoms with Gasteiger partial charge in [0.1, 0.15) is 9.52 Å². The monoisotopic (exact) mass is 161 g/mol. The van der Waals surface area contributed by atoms with Crippen molar-refractivity contribution in [2.75, 3.05) is 26.1 Å². The van der Waals surface area contributed by atoms with Gasteiger partial charge in [-0.3, -0.25) is 4.90 Å². The first kappa shape index (κ1) is 9.03. The summed E-state index contributed by atoms with van der Waals surface area (Å²) in [6, 6.07) is 0. The quantitative estimate of drug-likeness (QED) is 0.310. The second-order valence-corrected chi connectivity index (χ2v) is 4.40. The summed E-state index contributed by atoms with van der Waals surface area (Å²) in [5, 5.41) is 0. The Morgan fingerprint density at radius 3 is 2.67 bits per heavy atom. The van der Waals surface area contributed by atoms with Crippen LogP contribution in [0.1, 0.15) is 0 Å². The van der Waals surface area contributed by atoms with E-state index in [4.69, 9.17) is 11.6 Å². The van der Waals surface area contributed by atoms with Crippen molar-refractivity contribution >= 4 is 21.1 Å². The Hall–Kier alpha value is 0.0269. The van der Waals surface area contributed by atoms with E-state index in [1.54, 1.807) is 0 Å². The van der Waals surface area contributed by atoms with Crippen molar-refractivity contribution in [3.63, 3.8) is 0 Å². The third kappa shape index (κ3) is 8.03. The first-order valence-corrected chi connectivity index (χ1v) is 5.18. The highest BCUT2D eigenvalue weighted by molar-refractivity contribution is 6.57. The lowest BCUT2D eigenvalue weighted by atomic mass is 10.6. The number of alkyl halides is 1. The van der Waals surface area contributed by atoms with Crippen LogP contribution >= 0.6 is 11.6 Å². The van der Waals surface area contributed by atoms with E-state index in [1.165, 1.54) is 0 Å². The molecule has 9 heavy (non-hydrogen) atoms. The fourth-order valence-electron chi connectivity index (χ4n) is 0.350. The Morgan fingerprint density at radius 1 is 1.56 bits per heavy atom. The molecule has 0 unspecified atom stereocenters. The van der Waals surface area contributed by atoms with Crippen LogP contribution in [0.25, 0.3) is 0 Å². The Bertz CT molecular complexity index is 114. The average molecular weight is 162 g/mol. The molecule has 3 heteroatoms. The molecule has 0 atom stereocenters. The molecule has 0 N–H and O–H groups in total. The van der Waals surface area contributed by atoms with Crippen molar-refractivity contribution in [2.24, 2.45) is 0 Å². The molecule has 0 aromatic rings. The van der Waals surface area contributed by atoms with E-state index in [2.05, 4.69) is 16.4 Å². The third-order valence-electron chi connectivity index (χ3n) is 0.740. The molecular formula is C6H12ClNSi. The summed E-state index contributed by atoms with van der Waals surface area (Å²) < 4.78 is 0. The molecule has 1 nitrogen and oxygen atoms in total.